The highest BCUT2D eigenvalue weighted by Gasteiger charge is 2.23. The van der Waals surface area contributed by atoms with Gasteiger partial charge in [0.25, 0.3) is 0 Å². The molecule has 0 bridgehead atoms. The Morgan fingerprint density at radius 2 is 1.79 bits per heavy atom. The molecule has 2 aliphatic rings. The zero-order chi connectivity index (χ0) is 20.4. The van der Waals surface area contributed by atoms with Crippen molar-refractivity contribution in [2.24, 2.45) is 10.9 Å². The van der Waals surface area contributed by atoms with E-state index in [1.807, 2.05) is 0 Å². The van der Waals surface area contributed by atoms with Gasteiger partial charge in [-0.25, -0.2) is 4.99 Å². The van der Waals surface area contributed by atoms with Crippen LogP contribution < -0.4 is 10.6 Å². The van der Waals surface area contributed by atoms with E-state index in [1.54, 1.807) is 26.0 Å². The van der Waals surface area contributed by atoms with E-state index in [1.165, 1.54) is 0 Å². The van der Waals surface area contributed by atoms with E-state index in [2.05, 4.69) is 25.4 Å². The molecular formula is C19H37IN6O3. The van der Waals surface area contributed by atoms with Crippen LogP contribution in [0, 0.1) is 5.92 Å². The van der Waals surface area contributed by atoms with Crippen molar-refractivity contribution in [1.29, 1.82) is 0 Å². The number of aliphatic imine (C=N–C) groups is 1. The van der Waals surface area contributed by atoms with Gasteiger partial charge in [0.2, 0.25) is 11.8 Å². The van der Waals surface area contributed by atoms with E-state index in [9.17, 15) is 9.59 Å². The first-order chi connectivity index (χ1) is 13.5. The highest BCUT2D eigenvalue weighted by molar-refractivity contribution is 14.0. The van der Waals surface area contributed by atoms with Crippen molar-refractivity contribution >= 4 is 41.8 Å². The van der Waals surface area contributed by atoms with Gasteiger partial charge in [-0.2, -0.15) is 0 Å². The number of rotatable bonds is 7. The predicted molar refractivity (Wildman–Crippen MR) is 125 cm³/mol. The monoisotopic (exact) mass is 524 g/mol. The van der Waals surface area contributed by atoms with Gasteiger partial charge in [0.15, 0.2) is 5.96 Å². The molecule has 2 N–H and O–H groups in total. The smallest absolute Gasteiger partial charge is 0.243 e. The number of nitrogens with one attached hydrogen (secondary N) is 2. The molecule has 0 aromatic heterocycles. The van der Waals surface area contributed by atoms with E-state index in [0.717, 1.165) is 71.3 Å². The minimum atomic E-state index is -0.0121. The van der Waals surface area contributed by atoms with E-state index >= 15 is 0 Å². The SMILES string of the molecule is CNC(=O)CC1CCN(C(=NCC(=O)N(C)C)NCCN2CCOCC2)CC1.I. The van der Waals surface area contributed by atoms with Crippen molar-refractivity contribution in [2.45, 2.75) is 19.3 Å². The topological polar surface area (TPSA) is 89.5 Å². The number of piperidine rings is 1. The third-order valence-electron chi connectivity index (χ3n) is 5.34. The summed E-state index contributed by atoms with van der Waals surface area (Å²) in [6.07, 6.45) is 2.50. The highest BCUT2D eigenvalue weighted by atomic mass is 127. The first-order valence-corrected chi connectivity index (χ1v) is 10.2. The lowest BCUT2D eigenvalue weighted by molar-refractivity contribution is -0.127. The van der Waals surface area contributed by atoms with Crippen LogP contribution >= 0.6 is 24.0 Å². The van der Waals surface area contributed by atoms with Crippen LogP contribution in [0.4, 0.5) is 0 Å². The third-order valence-corrected chi connectivity index (χ3v) is 5.34. The number of hydrogen-bond donors (Lipinski definition) is 2. The fourth-order valence-electron chi connectivity index (χ4n) is 3.42. The molecule has 0 aromatic rings. The molecule has 0 aromatic carbocycles. The molecule has 2 saturated heterocycles. The van der Waals surface area contributed by atoms with Crippen LogP contribution in [0.15, 0.2) is 4.99 Å². The molecular weight excluding hydrogens is 487 g/mol. The van der Waals surface area contributed by atoms with E-state index in [0.29, 0.717) is 12.3 Å². The van der Waals surface area contributed by atoms with Crippen LogP contribution in [0.1, 0.15) is 19.3 Å². The summed E-state index contributed by atoms with van der Waals surface area (Å²) in [6, 6.07) is 0. The van der Waals surface area contributed by atoms with Crippen LogP contribution in [0.5, 0.6) is 0 Å². The van der Waals surface area contributed by atoms with Gasteiger partial charge in [-0.3, -0.25) is 14.5 Å². The van der Waals surface area contributed by atoms with Gasteiger partial charge in [-0.15, -0.1) is 24.0 Å². The zero-order valence-corrected chi connectivity index (χ0v) is 20.3. The lowest BCUT2D eigenvalue weighted by Gasteiger charge is -2.34. The lowest BCUT2D eigenvalue weighted by atomic mass is 9.93. The highest BCUT2D eigenvalue weighted by Crippen LogP contribution is 2.20. The molecule has 0 unspecified atom stereocenters. The minimum absolute atomic E-state index is 0. The summed E-state index contributed by atoms with van der Waals surface area (Å²) in [4.78, 5) is 34.3. The fraction of sp³-hybridized carbons (Fsp3) is 0.842. The summed E-state index contributed by atoms with van der Waals surface area (Å²) in [5.41, 5.74) is 0. The Hall–Kier alpha value is -1.14. The maximum atomic E-state index is 12.0. The summed E-state index contributed by atoms with van der Waals surface area (Å²) < 4.78 is 5.39. The first-order valence-electron chi connectivity index (χ1n) is 10.2. The van der Waals surface area contributed by atoms with Crippen LogP contribution in [-0.2, 0) is 14.3 Å². The van der Waals surface area contributed by atoms with Crippen LogP contribution in [-0.4, -0.2) is 113 Å². The number of ether oxygens (including phenoxy) is 1. The molecule has 2 aliphatic heterocycles. The van der Waals surface area contributed by atoms with Gasteiger partial charge in [0.1, 0.15) is 6.54 Å². The minimum Gasteiger partial charge on any atom is -0.379 e. The lowest BCUT2D eigenvalue weighted by Crippen LogP contribution is -2.49. The molecule has 0 spiro atoms. The average Bonchev–Trinajstić information content (AvgIpc) is 2.71. The number of halogens is 1. The summed E-state index contributed by atoms with van der Waals surface area (Å²) in [6.45, 7) is 7.04. The average molecular weight is 524 g/mol. The second-order valence-electron chi connectivity index (χ2n) is 7.62. The Labute approximate surface area is 191 Å². The maximum absolute atomic E-state index is 12.0. The Bertz CT molecular complexity index is 532. The molecule has 168 valence electrons. The number of likely N-dealkylation sites (tertiary alicyclic amines) is 1. The molecule has 9 nitrogen and oxygen atoms in total. The number of morpholine rings is 1. The summed E-state index contributed by atoms with van der Waals surface area (Å²) >= 11 is 0. The molecule has 0 radical (unpaired) electrons. The summed E-state index contributed by atoms with van der Waals surface area (Å²) in [5, 5.41) is 6.15. The van der Waals surface area contributed by atoms with Gasteiger partial charge in [0, 0.05) is 66.8 Å². The molecule has 10 heteroatoms. The van der Waals surface area contributed by atoms with E-state index < -0.39 is 0 Å². The van der Waals surface area contributed by atoms with Gasteiger partial charge in [-0.1, -0.05) is 0 Å². The molecule has 29 heavy (non-hydrogen) atoms. The van der Waals surface area contributed by atoms with Crippen molar-refractivity contribution in [1.82, 2.24) is 25.3 Å². The quantitative estimate of drug-likeness (QED) is 0.273. The van der Waals surface area contributed by atoms with Crippen molar-refractivity contribution in [3.8, 4) is 0 Å². The summed E-state index contributed by atoms with van der Waals surface area (Å²) in [7, 11) is 5.17. The van der Waals surface area contributed by atoms with Crippen molar-refractivity contribution in [3.05, 3.63) is 0 Å². The van der Waals surface area contributed by atoms with Gasteiger partial charge in [-0.05, 0) is 18.8 Å². The van der Waals surface area contributed by atoms with Gasteiger partial charge >= 0.3 is 0 Å². The normalized spacial score (nSPS) is 18.7. The largest absolute Gasteiger partial charge is 0.379 e. The number of carbonyl (C=O) groups excluding carboxylic acids is 2. The Kier molecular flexibility index (Phi) is 12.5. The molecule has 2 rings (SSSR count). The standard InChI is InChI=1S/C19H36N6O3.HI/c1-20-17(26)14-16-4-7-25(8-5-16)19(22-15-18(27)23(2)3)21-6-9-24-10-12-28-13-11-24;/h16H,4-15H2,1-3H3,(H,20,26)(H,21,22);1H. The number of likely N-dealkylation sites (N-methyl/N-ethyl adjacent to an activating group) is 1. The van der Waals surface area contributed by atoms with Crippen molar-refractivity contribution < 1.29 is 14.3 Å². The van der Waals surface area contributed by atoms with Crippen molar-refractivity contribution in [2.75, 3.05) is 80.2 Å². The maximum Gasteiger partial charge on any atom is 0.243 e. The Balaban J connectivity index is 0.00000420. The molecule has 2 amide bonds. The number of guanidine groups is 1. The predicted octanol–water partition coefficient (Wildman–Crippen LogP) is -0.181. The molecule has 0 atom stereocenters. The number of nitrogens with zero attached hydrogens (tertiary/aromatic N) is 4. The van der Waals surface area contributed by atoms with Crippen LogP contribution in [0.2, 0.25) is 0 Å². The molecule has 0 saturated carbocycles. The second kappa shape index (κ2) is 14.0. The van der Waals surface area contributed by atoms with Gasteiger partial charge in [0.05, 0.1) is 13.2 Å². The summed E-state index contributed by atoms with van der Waals surface area (Å²) in [5.74, 6) is 1.30. The number of amides is 2. The number of carbonyl (C=O) groups is 2. The Morgan fingerprint density at radius 3 is 2.38 bits per heavy atom. The molecule has 2 heterocycles. The Morgan fingerprint density at radius 1 is 1.14 bits per heavy atom. The van der Waals surface area contributed by atoms with E-state index in [-0.39, 0.29) is 42.3 Å². The first kappa shape index (κ1) is 25.9. The van der Waals surface area contributed by atoms with Crippen LogP contribution in [0.25, 0.3) is 0 Å². The van der Waals surface area contributed by atoms with Gasteiger partial charge < -0.3 is 25.2 Å². The number of hydrogen-bond acceptors (Lipinski definition) is 5. The third kappa shape index (κ3) is 9.47. The van der Waals surface area contributed by atoms with E-state index in [4.69, 9.17) is 4.74 Å². The molecule has 0 aliphatic carbocycles. The van der Waals surface area contributed by atoms with Crippen LogP contribution in [0.3, 0.4) is 0 Å². The zero-order valence-electron chi connectivity index (χ0n) is 18.0. The molecule has 2 fully saturated rings. The second-order valence-corrected chi connectivity index (χ2v) is 7.62. The fourth-order valence-corrected chi connectivity index (χ4v) is 3.42. The van der Waals surface area contributed by atoms with Crippen molar-refractivity contribution in [3.63, 3.8) is 0 Å².